The highest BCUT2D eigenvalue weighted by Crippen LogP contribution is 2.19. The van der Waals surface area contributed by atoms with Gasteiger partial charge in [-0.05, 0) is 6.92 Å². The van der Waals surface area contributed by atoms with Crippen LogP contribution in [0.5, 0.6) is 0 Å². The molecular formula is C10H16N2O6. The SMILES string of the molecule is CCOC(=O)C(N)C(=O)N1CC(O)CC1C(=O)O. The molecule has 0 aromatic rings. The first-order chi connectivity index (χ1) is 8.38. The average molecular weight is 260 g/mol. The van der Waals surface area contributed by atoms with Crippen molar-refractivity contribution in [2.45, 2.75) is 31.5 Å². The van der Waals surface area contributed by atoms with Crippen LogP contribution < -0.4 is 5.73 Å². The van der Waals surface area contributed by atoms with Gasteiger partial charge in [-0.15, -0.1) is 0 Å². The van der Waals surface area contributed by atoms with Crippen LogP contribution in [0.4, 0.5) is 0 Å². The number of ether oxygens (including phenoxy) is 1. The van der Waals surface area contributed by atoms with Crippen LogP contribution in [0.2, 0.25) is 0 Å². The van der Waals surface area contributed by atoms with Crippen molar-refractivity contribution < 1.29 is 29.3 Å². The van der Waals surface area contributed by atoms with E-state index in [0.717, 1.165) is 4.90 Å². The molecule has 0 aliphatic carbocycles. The molecule has 1 aliphatic heterocycles. The van der Waals surface area contributed by atoms with Crippen molar-refractivity contribution in [3.63, 3.8) is 0 Å². The van der Waals surface area contributed by atoms with Gasteiger partial charge in [-0.2, -0.15) is 0 Å². The highest BCUT2D eigenvalue weighted by Gasteiger charge is 2.42. The number of amides is 1. The summed E-state index contributed by atoms with van der Waals surface area (Å²) in [5.74, 6) is -3.00. The molecule has 8 nitrogen and oxygen atoms in total. The molecule has 0 spiro atoms. The number of rotatable bonds is 4. The Morgan fingerprint density at radius 2 is 2.11 bits per heavy atom. The van der Waals surface area contributed by atoms with E-state index in [1.165, 1.54) is 0 Å². The van der Waals surface area contributed by atoms with E-state index < -0.39 is 36.0 Å². The van der Waals surface area contributed by atoms with Gasteiger partial charge in [0.15, 0.2) is 6.04 Å². The molecule has 1 fully saturated rings. The Hall–Kier alpha value is -1.67. The van der Waals surface area contributed by atoms with Gasteiger partial charge in [-0.3, -0.25) is 4.79 Å². The zero-order valence-electron chi connectivity index (χ0n) is 9.91. The number of β-amino-alcohol motifs (C(OH)–C–C–N with tert-alkyl or cyclic N) is 1. The van der Waals surface area contributed by atoms with Gasteiger partial charge in [0.1, 0.15) is 6.04 Å². The Bertz CT molecular complexity index is 358. The summed E-state index contributed by atoms with van der Waals surface area (Å²) in [6.07, 6.45) is -0.999. The van der Waals surface area contributed by atoms with Crippen molar-refractivity contribution in [2.75, 3.05) is 13.2 Å². The number of likely N-dealkylation sites (tertiary alicyclic amines) is 1. The Labute approximate surface area is 103 Å². The normalized spacial score (nSPS) is 24.7. The number of carbonyl (C=O) groups is 3. The van der Waals surface area contributed by atoms with Crippen LogP contribution in [-0.2, 0) is 19.1 Å². The second-order valence-corrected chi connectivity index (χ2v) is 3.96. The first-order valence-corrected chi connectivity index (χ1v) is 5.52. The lowest BCUT2D eigenvalue weighted by Crippen LogP contribution is -2.52. The molecule has 102 valence electrons. The van der Waals surface area contributed by atoms with Crippen molar-refractivity contribution in [3.05, 3.63) is 0 Å². The largest absolute Gasteiger partial charge is 0.480 e. The van der Waals surface area contributed by atoms with Gasteiger partial charge in [0, 0.05) is 13.0 Å². The quantitative estimate of drug-likeness (QED) is 0.390. The van der Waals surface area contributed by atoms with Gasteiger partial charge in [-0.1, -0.05) is 0 Å². The van der Waals surface area contributed by atoms with Crippen LogP contribution in [0.1, 0.15) is 13.3 Å². The first kappa shape index (κ1) is 14.4. The lowest BCUT2D eigenvalue weighted by Gasteiger charge is -2.23. The monoisotopic (exact) mass is 260 g/mol. The van der Waals surface area contributed by atoms with E-state index in [0.29, 0.717) is 0 Å². The predicted molar refractivity (Wildman–Crippen MR) is 58.4 cm³/mol. The number of aliphatic hydroxyl groups is 1. The van der Waals surface area contributed by atoms with Gasteiger partial charge >= 0.3 is 11.9 Å². The van der Waals surface area contributed by atoms with Crippen molar-refractivity contribution in [1.82, 2.24) is 4.90 Å². The maximum Gasteiger partial charge on any atom is 0.332 e. The molecule has 1 amide bonds. The third-order valence-corrected chi connectivity index (χ3v) is 2.65. The molecule has 18 heavy (non-hydrogen) atoms. The summed E-state index contributed by atoms with van der Waals surface area (Å²) < 4.78 is 4.59. The third-order valence-electron chi connectivity index (χ3n) is 2.65. The van der Waals surface area contributed by atoms with Crippen molar-refractivity contribution in [3.8, 4) is 0 Å². The van der Waals surface area contributed by atoms with Gasteiger partial charge in [0.2, 0.25) is 0 Å². The van der Waals surface area contributed by atoms with E-state index in [9.17, 15) is 19.5 Å². The molecule has 8 heteroatoms. The molecule has 0 radical (unpaired) electrons. The molecule has 0 aromatic carbocycles. The van der Waals surface area contributed by atoms with E-state index in [2.05, 4.69) is 4.74 Å². The lowest BCUT2D eigenvalue weighted by atomic mass is 10.2. The molecule has 1 aliphatic rings. The zero-order chi connectivity index (χ0) is 13.9. The summed E-state index contributed by atoms with van der Waals surface area (Å²) in [7, 11) is 0. The molecule has 1 rings (SSSR count). The summed E-state index contributed by atoms with van der Waals surface area (Å²) >= 11 is 0. The minimum Gasteiger partial charge on any atom is -0.480 e. The molecule has 1 saturated heterocycles. The number of nitrogens with zero attached hydrogens (tertiary/aromatic N) is 1. The number of aliphatic hydroxyl groups excluding tert-OH is 1. The van der Waals surface area contributed by atoms with Crippen LogP contribution >= 0.6 is 0 Å². The Morgan fingerprint density at radius 3 is 2.61 bits per heavy atom. The number of carbonyl (C=O) groups excluding carboxylic acids is 2. The Kier molecular flexibility index (Phi) is 4.62. The van der Waals surface area contributed by atoms with E-state index in [1.54, 1.807) is 6.92 Å². The molecule has 3 unspecified atom stereocenters. The Balaban J connectivity index is 2.76. The summed E-state index contributed by atoms with van der Waals surface area (Å²) in [6.45, 7) is 1.49. The smallest absolute Gasteiger partial charge is 0.332 e. The second kappa shape index (κ2) is 5.78. The first-order valence-electron chi connectivity index (χ1n) is 5.52. The number of carboxylic acid groups (broad SMARTS) is 1. The maximum absolute atomic E-state index is 11.8. The van der Waals surface area contributed by atoms with E-state index >= 15 is 0 Å². The summed E-state index contributed by atoms with van der Waals surface area (Å²) in [6, 6.07) is -2.72. The number of hydrogen-bond acceptors (Lipinski definition) is 6. The minimum atomic E-state index is -1.56. The molecule has 1 heterocycles. The lowest BCUT2D eigenvalue weighted by molar-refractivity contribution is -0.155. The molecule has 0 aromatic heterocycles. The highest BCUT2D eigenvalue weighted by molar-refractivity contribution is 6.03. The summed E-state index contributed by atoms with van der Waals surface area (Å²) in [5, 5.41) is 18.3. The fourth-order valence-electron chi connectivity index (χ4n) is 1.80. The molecule has 4 N–H and O–H groups in total. The van der Waals surface area contributed by atoms with Gasteiger partial charge in [0.25, 0.3) is 5.91 Å². The van der Waals surface area contributed by atoms with Gasteiger partial charge < -0.3 is 25.6 Å². The molecule has 0 bridgehead atoms. The third kappa shape index (κ3) is 2.96. The number of esters is 1. The highest BCUT2D eigenvalue weighted by atomic mass is 16.5. The Morgan fingerprint density at radius 1 is 1.50 bits per heavy atom. The topological polar surface area (TPSA) is 130 Å². The van der Waals surface area contributed by atoms with Crippen LogP contribution in [-0.4, -0.2) is 64.3 Å². The van der Waals surface area contributed by atoms with Crippen LogP contribution in [0, 0.1) is 0 Å². The van der Waals surface area contributed by atoms with Gasteiger partial charge in [-0.25, -0.2) is 9.59 Å². The van der Waals surface area contributed by atoms with Crippen molar-refractivity contribution in [2.24, 2.45) is 5.73 Å². The fraction of sp³-hybridized carbons (Fsp3) is 0.700. The standard InChI is InChI=1S/C10H16N2O6/c1-2-18-10(17)7(11)8(14)12-4-5(13)3-6(12)9(15)16/h5-7,13H,2-4,11H2,1H3,(H,15,16). The number of carboxylic acids is 1. The van der Waals surface area contributed by atoms with E-state index in [4.69, 9.17) is 10.8 Å². The molecule has 0 saturated carbocycles. The second-order valence-electron chi connectivity index (χ2n) is 3.96. The van der Waals surface area contributed by atoms with Gasteiger partial charge in [0.05, 0.1) is 12.7 Å². The molecule has 3 atom stereocenters. The fourth-order valence-corrected chi connectivity index (χ4v) is 1.80. The summed E-state index contributed by atoms with van der Waals surface area (Å²) in [5.41, 5.74) is 5.39. The van der Waals surface area contributed by atoms with E-state index in [-0.39, 0.29) is 19.6 Å². The van der Waals surface area contributed by atoms with E-state index in [1.807, 2.05) is 0 Å². The number of nitrogens with two attached hydrogens (primary N) is 1. The summed E-state index contributed by atoms with van der Waals surface area (Å²) in [4.78, 5) is 35.0. The van der Waals surface area contributed by atoms with Crippen LogP contribution in [0.25, 0.3) is 0 Å². The van der Waals surface area contributed by atoms with Crippen LogP contribution in [0.3, 0.4) is 0 Å². The zero-order valence-corrected chi connectivity index (χ0v) is 9.91. The maximum atomic E-state index is 11.8. The molecular weight excluding hydrogens is 244 g/mol. The minimum absolute atomic E-state index is 0.0728. The number of aliphatic carboxylic acids is 1. The average Bonchev–Trinajstić information content (AvgIpc) is 2.69. The number of hydrogen-bond donors (Lipinski definition) is 3. The van der Waals surface area contributed by atoms with Crippen molar-refractivity contribution in [1.29, 1.82) is 0 Å². The predicted octanol–water partition coefficient (Wildman–Crippen LogP) is -2.08. The van der Waals surface area contributed by atoms with Crippen LogP contribution in [0.15, 0.2) is 0 Å². The van der Waals surface area contributed by atoms with Crippen molar-refractivity contribution >= 4 is 17.8 Å².